The molecule has 0 aromatic rings. The van der Waals surface area contributed by atoms with E-state index in [1.807, 2.05) is 6.92 Å². The predicted molar refractivity (Wildman–Crippen MR) is 146 cm³/mol. The lowest BCUT2D eigenvalue weighted by Gasteiger charge is -2.13. The molecule has 0 aliphatic rings. The van der Waals surface area contributed by atoms with Crippen LogP contribution < -0.4 is 0 Å². The molecule has 12 heteroatoms. The number of carboxylic acid groups (broad SMARTS) is 1. The van der Waals surface area contributed by atoms with Gasteiger partial charge in [0, 0.05) is 12.8 Å². The zero-order valence-corrected chi connectivity index (χ0v) is 24.6. The van der Waals surface area contributed by atoms with Crippen LogP contribution in [0.15, 0.2) is 0 Å². The maximum absolute atomic E-state index is 12.0. The van der Waals surface area contributed by atoms with Gasteiger partial charge in [0.2, 0.25) is 0 Å². The minimum absolute atomic E-state index is 0.0120. The van der Waals surface area contributed by atoms with Gasteiger partial charge in [-0.15, -0.1) is 0 Å². The Morgan fingerprint density at radius 1 is 0.550 bits per heavy atom. The number of aliphatic carboxylic acids is 1. The van der Waals surface area contributed by atoms with Gasteiger partial charge < -0.3 is 43.0 Å². The van der Waals surface area contributed by atoms with Crippen LogP contribution in [0.5, 0.6) is 0 Å². The van der Waals surface area contributed by atoms with Crippen molar-refractivity contribution in [3.63, 3.8) is 0 Å². The Bertz CT molecular complexity index is 602. The van der Waals surface area contributed by atoms with Crippen molar-refractivity contribution in [2.24, 2.45) is 5.92 Å². The van der Waals surface area contributed by atoms with Gasteiger partial charge in [0.25, 0.3) is 0 Å². The van der Waals surface area contributed by atoms with Gasteiger partial charge in [-0.3, -0.25) is 14.4 Å². The van der Waals surface area contributed by atoms with Crippen molar-refractivity contribution in [3.05, 3.63) is 0 Å². The lowest BCUT2D eigenvalue weighted by Crippen LogP contribution is -2.20. The number of carbonyl (C=O) groups is 3. The molecular formula is C28H52O12. The van der Waals surface area contributed by atoms with Gasteiger partial charge in [0.05, 0.1) is 85.2 Å². The predicted octanol–water partition coefficient (Wildman–Crippen LogP) is 3.03. The summed E-state index contributed by atoms with van der Waals surface area (Å²) < 4.78 is 42.7. The first-order chi connectivity index (χ1) is 19.5. The third-order valence-corrected chi connectivity index (χ3v) is 5.58. The molecule has 1 N–H and O–H groups in total. The molecule has 0 aromatic carbocycles. The molecule has 12 nitrogen and oxygen atoms in total. The van der Waals surface area contributed by atoms with Gasteiger partial charge in [-0.2, -0.15) is 0 Å². The Kier molecular flexibility index (Phi) is 28.8. The average Bonchev–Trinajstić information content (AvgIpc) is 2.94. The first kappa shape index (κ1) is 38.2. The van der Waals surface area contributed by atoms with Crippen LogP contribution in [0, 0.1) is 5.92 Å². The van der Waals surface area contributed by atoms with Crippen molar-refractivity contribution >= 4 is 17.9 Å². The second-order valence-electron chi connectivity index (χ2n) is 8.91. The summed E-state index contributed by atoms with van der Waals surface area (Å²) in [6.07, 6.45) is 5.04. The maximum atomic E-state index is 12.0. The highest BCUT2D eigenvalue weighted by molar-refractivity contribution is 5.72. The molecule has 0 saturated carbocycles. The summed E-state index contributed by atoms with van der Waals surface area (Å²) in [6, 6.07) is 0. The molecule has 0 rings (SSSR count). The number of unbranched alkanes of at least 4 members (excludes halogenated alkanes) is 2. The van der Waals surface area contributed by atoms with Crippen LogP contribution in [0.1, 0.15) is 65.2 Å². The summed E-state index contributed by atoms with van der Waals surface area (Å²) in [7, 11) is 0. The summed E-state index contributed by atoms with van der Waals surface area (Å²) in [5.41, 5.74) is 0. The quantitative estimate of drug-likeness (QED) is 0.0950. The van der Waals surface area contributed by atoms with Crippen molar-refractivity contribution in [3.8, 4) is 0 Å². The van der Waals surface area contributed by atoms with Gasteiger partial charge in [-0.25, -0.2) is 0 Å². The summed E-state index contributed by atoms with van der Waals surface area (Å²) in [5.74, 6) is -1.35. The van der Waals surface area contributed by atoms with Gasteiger partial charge >= 0.3 is 17.9 Å². The van der Waals surface area contributed by atoms with Crippen molar-refractivity contribution < 1.29 is 57.4 Å². The van der Waals surface area contributed by atoms with Crippen LogP contribution in [0.4, 0.5) is 0 Å². The monoisotopic (exact) mass is 580 g/mol. The van der Waals surface area contributed by atoms with Gasteiger partial charge in [-0.1, -0.05) is 26.7 Å². The zero-order valence-electron chi connectivity index (χ0n) is 24.6. The first-order valence-electron chi connectivity index (χ1n) is 14.5. The van der Waals surface area contributed by atoms with Crippen molar-refractivity contribution in [1.82, 2.24) is 0 Å². The third kappa shape index (κ3) is 27.7. The van der Waals surface area contributed by atoms with E-state index in [0.717, 1.165) is 25.7 Å². The van der Waals surface area contributed by atoms with Crippen LogP contribution in [0.3, 0.4) is 0 Å². The highest BCUT2D eigenvalue weighted by Crippen LogP contribution is 2.14. The summed E-state index contributed by atoms with van der Waals surface area (Å²) in [6.45, 7) is 9.61. The zero-order chi connectivity index (χ0) is 29.5. The van der Waals surface area contributed by atoms with E-state index in [-0.39, 0.29) is 50.5 Å². The maximum Gasteiger partial charge on any atom is 0.308 e. The summed E-state index contributed by atoms with van der Waals surface area (Å²) >= 11 is 0. The highest BCUT2D eigenvalue weighted by atomic mass is 16.6. The fraction of sp³-hybridized carbons (Fsp3) is 0.893. The Hall–Kier alpha value is -1.83. The number of rotatable bonds is 31. The smallest absolute Gasteiger partial charge is 0.308 e. The van der Waals surface area contributed by atoms with E-state index in [1.54, 1.807) is 0 Å². The van der Waals surface area contributed by atoms with Crippen molar-refractivity contribution in [2.45, 2.75) is 65.2 Å². The molecule has 0 aromatic heterocycles. The van der Waals surface area contributed by atoms with Crippen molar-refractivity contribution in [2.75, 3.05) is 92.5 Å². The second kappa shape index (κ2) is 30.1. The number of ether oxygens (including phenoxy) is 8. The Morgan fingerprint density at radius 3 is 1.35 bits per heavy atom. The van der Waals surface area contributed by atoms with Gasteiger partial charge in [0.1, 0.15) is 13.2 Å². The lowest BCUT2D eigenvalue weighted by molar-refractivity contribution is -0.150. The van der Waals surface area contributed by atoms with E-state index in [2.05, 4.69) is 6.92 Å². The minimum Gasteiger partial charge on any atom is -0.481 e. The largest absolute Gasteiger partial charge is 0.481 e. The second-order valence-corrected chi connectivity index (χ2v) is 8.91. The van der Waals surface area contributed by atoms with Crippen molar-refractivity contribution in [1.29, 1.82) is 0 Å². The average molecular weight is 581 g/mol. The first-order valence-corrected chi connectivity index (χ1v) is 14.5. The van der Waals surface area contributed by atoms with E-state index < -0.39 is 5.97 Å². The van der Waals surface area contributed by atoms with E-state index in [1.165, 1.54) is 0 Å². The van der Waals surface area contributed by atoms with E-state index in [4.69, 9.17) is 43.0 Å². The normalized spacial score (nSPS) is 11.8. The Labute approximate surface area is 239 Å². The van der Waals surface area contributed by atoms with Crippen LogP contribution in [-0.4, -0.2) is 116 Å². The molecule has 0 saturated heterocycles. The standard InChI is InChI=1S/C28H52O12/c1-3-5-8-25(4-2)28(32)40-24-22-38-20-18-36-16-14-34-12-11-33-13-15-35-17-19-37-21-23-39-27(31)10-7-6-9-26(29)30/h25H,3-24H2,1-2H3,(H,29,30). The number of hydrogen-bond acceptors (Lipinski definition) is 11. The molecule has 0 fully saturated rings. The SMILES string of the molecule is CCCCC(CC)C(=O)OCCOCCOCCOCCOCCOCCOCCOC(=O)CCCCC(=O)O. The molecule has 0 amide bonds. The molecule has 0 radical (unpaired) electrons. The molecule has 0 bridgehead atoms. The number of esters is 2. The third-order valence-electron chi connectivity index (χ3n) is 5.58. The van der Waals surface area contributed by atoms with Crippen LogP contribution in [0.25, 0.3) is 0 Å². The van der Waals surface area contributed by atoms with Crippen LogP contribution >= 0.6 is 0 Å². The summed E-state index contributed by atoms with van der Waals surface area (Å²) in [4.78, 5) is 33.8. The van der Waals surface area contributed by atoms with Gasteiger partial charge in [-0.05, 0) is 25.7 Å². The van der Waals surface area contributed by atoms with E-state index >= 15 is 0 Å². The molecule has 0 heterocycles. The number of carboxylic acids is 1. The summed E-state index contributed by atoms with van der Waals surface area (Å²) in [5, 5.41) is 8.53. The van der Waals surface area contributed by atoms with Crippen LogP contribution in [-0.2, 0) is 52.3 Å². The molecule has 0 aliphatic heterocycles. The fourth-order valence-corrected chi connectivity index (χ4v) is 3.29. The Balaban J connectivity index is 3.24. The van der Waals surface area contributed by atoms with Crippen LogP contribution in [0.2, 0.25) is 0 Å². The molecular weight excluding hydrogens is 528 g/mol. The fourth-order valence-electron chi connectivity index (χ4n) is 3.29. The molecule has 0 spiro atoms. The van der Waals surface area contributed by atoms with E-state index in [0.29, 0.717) is 85.5 Å². The Morgan fingerprint density at radius 2 is 0.950 bits per heavy atom. The van der Waals surface area contributed by atoms with E-state index in [9.17, 15) is 14.4 Å². The topological polar surface area (TPSA) is 145 Å². The molecule has 1 unspecified atom stereocenters. The molecule has 0 aliphatic carbocycles. The van der Waals surface area contributed by atoms with Gasteiger partial charge in [0.15, 0.2) is 0 Å². The molecule has 40 heavy (non-hydrogen) atoms. The highest BCUT2D eigenvalue weighted by Gasteiger charge is 2.16. The molecule has 1 atom stereocenters. The molecule has 236 valence electrons. The minimum atomic E-state index is -0.863. The lowest BCUT2D eigenvalue weighted by atomic mass is 10.00. The number of hydrogen-bond donors (Lipinski definition) is 1. The number of carbonyl (C=O) groups excluding carboxylic acids is 2.